The number of hydrogen-bond donors (Lipinski definition) is 0. The fourth-order valence-electron chi connectivity index (χ4n) is 9.81. The van der Waals surface area contributed by atoms with Gasteiger partial charge in [-0.15, -0.1) is 0 Å². The van der Waals surface area contributed by atoms with E-state index in [0.29, 0.717) is 0 Å². The van der Waals surface area contributed by atoms with Crippen molar-refractivity contribution in [2.45, 2.75) is 0 Å². The van der Waals surface area contributed by atoms with Crippen molar-refractivity contribution in [1.29, 1.82) is 0 Å². The predicted octanol–water partition coefficient (Wildman–Crippen LogP) is 17.2. The van der Waals surface area contributed by atoms with Gasteiger partial charge in [0.1, 0.15) is 0 Å². The lowest BCUT2D eigenvalue weighted by atomic mass is 9.92. The molecule has 0 aliphatic rings. The van der Waals surface area contributed by atoms with Crippen molar-refractivity contribution in [3.05, 3.63) is 255 Å². The zero-order valence-electron chi connectivity index (χ0n) is 35.1. The highest BCUT2D eigenvalue weighted by molar-refractivity contribution is 6.14. The number of aromatic nitrogens is 1. The first-order chi connectivity index (χ1) is 31.8. The number of fused-ring (bicyclic) bond motifs is 6. The molecule has 2 nitrogen and oxygen atoms in total. The minimum atomic E-state index is 1.08. The van der Waals surface area contributed by atoms with Gasteiger partial charge < -0.3 is 9.47 Å². The van der Waals surface area contributed by atoms with E-state index in [0.717, 1.165) is 33.9 Å². The lowest BCUT2D eigenvalue weighted by Gasteiger charge is -2.27. The first-order valence-corrected chi connectivity index (χ1v) is 22.0. The summed E-state index contributed by atoms with van der Waals surface area (Å²) in [7, 11) is 0. The number of anilines is 3. The number of benzene rings is 11. The van der Waals surface area contributed by atoms with Crippen LogP contribution in [0, 0.1) is 0 Å². The van der Waals surface area contributed by atoms with Gasteiger partial charge in [0.15, 0.2) is 0 Å². The van der Waals surface area contributed by atoms with Crippen molar-refractivity contribution >= 4 is 60.4 Å². The van der Waals surface area contributed by atoms with Crippen LogP contribution in [0.1, 0.15) is 0 Å². The van der Waals surface area contributed by atoms with Crippen molar-refractivity contribution in [2.75, 3.05) is 4.90 Å². The molecular weight excluding hydrogens is 773 g/mol. The molecule has 11 aromatic carbocycles. The maximum Gasteiger partial charge on any atom is 0.0541 e. The standard InChI is InChI=1S/C62H42N2/c1-3-17-43(18-4-1)44-31-35-48(36-32-44)63(49-37-33-46(34-38-49)58-41-47-21-7-8-22-51(47)52-23-9-10-24-53(52)58)50-39-40-54(59(42-50)45-19-5-2-6-20-45)55-25-11-14-28-60(55)64-61-29-15-12-26-56(61)57-27-13-16-30-62(57)64/h1-42H. The van der Waals surface area contributed by atoms with Crippen LogP contribution in [0.15, 0.2) is 255 Å². The van der Waals surface area contributed by atoms with E-state index >= 15 is 0 Å². The molecule has 0 atom stereocenters. The van der Waals surface area contributed by atoms with E-state index < -0.39 is 0 Å². The Kier molecular flexibility index (Phi) is 9.20. The average Bonchev–Trinajstić information content (AvgIpc) is 3.71. The first-order valence-electron chi connectivity index (χ1n) is 22.0. The number of rotatable bonds is 8. The van der Waals surface area contributed by atoms with E-state index in [-0.39, 0.29) is 0 Å². The Hall–Kier alpha value is -8.46. The van der Waals surface area contributed by atoms with Crippen LogP contribution in [-0.4, -0.2) is 4.57 Å². The lowest BCUT2D eigenvalue weighted by molar-refractivity contribution is 1.18. The molecule has 2 heteroatoms. The van der Waals surface area contributed by atoms with Crippen LogP contribution in [0.4, 0.5) is 17.1 Å². The van der Waals surface area contributed by atoms with Gasteiger partial charge in [0.2, 0.25) is 0 Å². The summed E-state index contributed by atoms with van der Waals surface area (Å²) < 4.78 is 2.43. The third kappa shape index (κ3) is 6.44. The van der Waals surface area contributed by atoms with Gasteiger partial charge in [-0.1, -0.05) is 194 Å². The molecule has 1 heterocycles. The second-order valence-electron chi connectivity index (χ2n) is 16.5. The Balaban J connectivity index is 1.04. The molecule has 0 aliphatic heterocycles. The van der Waals surface area contributed by atoms with Crippen LogP contribution < -0.4 is 4.90 Å². The van der Waals surface area contributed by atoms with Gasteiger partial charge in [0, 0.05) is 33.4 Å². The molecule has 12 rings (SSSR count). The summed E-state index contributed by atoms with van der Waals surface area (Å²) in [5, 5.41) is 7.55. The Morgan fingerprint density at radius 3 is 1.39 bits per heavy atom. The van der Waals surface area contributed by atoms with Crippen molar-refractivity contribution in [2.24, 2.45) is 0 Å². The fourth-order valence-corrected chi connectivity index (χ4v) is 9.81. The molecule has 0 bridgehead atoms. The Bertz CT molecular complexity index is 3590. The van der Waals surface area contributed by atoms with Gasteiger partial charge >= 0.3 is 0 Å². The summed E-state index contributed by atoms with van der Waals surface area (Å²) in [4.78, 5) is 2.39. The van der Waals surface area contributed by atoms with Crippen molar-refractivity contribution in [1.82, 2.24) is 4.57 Å². The van der Waals surface area contributed by atoms with Crippen LogP contribution in [0.3, 0.4) is 0 Å². The summed E-state index contributed by atoms with van der Waals surface area (Å²) >= 11 is 0. The normalized spacial score (nSPS) is 11.4. The van der Waals surface area contributed by atoms with E-state index in [1.807, 2.05) is 0 Å². The molecule has 0 saturated heterocycles. The van der Waals surface area contributed by atoms with Crippen molar-refractivity contribution in [3.8, 4) is 50.2 Å². The maximum atomic E-state index is 2.43. The zero-order chi connectivity index (χ0) is 42.4. The summed E-state index contributed by atoms with van der Waals surface area (Å²) in [6.45, 7) is 0. The largest absolute Gasteiger partial charge is 0.310 e. The highest BCUT2D eigenvalue weighted by Gasteiger charge is 2.21. The molecule has 12 aromatic rings. The van der Waals surface area contributed by atoms with Gasteiger partial charge in [0.25, 0.3) is 0 Å². The molecule has 0 N–H and O–H groups in total. The molecule has 0 radical (unpaired) electrons. The number of nitrogens with zero attached hydrogens (tertiary/aromatic N) is 2. The zero-order valence-corrected chi connectivity index (χ0v) is 35.1. The molecule has 0 aliphatic carbocycles. The quantitative estimate of drug-likeness (QED) is 0.139. The summed E-state index contributed by atoms with van der Waals surface area (Å²) in [6, 6.07) is 92.7. The van der Waals surface area contributed by atoms with Gasteiger partial charge in [-0.2, -0.15) is 0 Å². The van der Waals surface area contributed by atoms with Crippen molar-refractivity contribution in [3.63, 3.8) is 0 Å². The second-order valence-corrected chi connectivity index (χ2v) is 16.5. The smallest absolute Gasteiger partial charge is 0.0541 e. The molecule has 0 amide bonds. The number of para-hydroxylation sites is 3. The van der Waals surface area contributed by atoms with E-state index in [1.54, 1.807) is 0 Å². The lowest BCUT2D eigenvalue weighted by Crippen LogP contribution is -2.10. The fraction of sp³-hybridized carbons (Fsp3) is 0. The van der Waals surface area contributed by atoms with Crippen LogP contribution in [-0.2, 0) is 0 Å². The van der Waals surface area contributed by atoms with Crippen LogP contribution in [0.25, 0.3) is 93.5 Å². The molecule has 64 heavy (non-hydrogen) atoms. The first kappa shape index (κ1) is 37.3. The van der Waals surface area contributed by atoms with Crippen LogP contribution in [0.5, 0.6) is 0 Å². The van der Waals surface area contributed by atoms with E-state index in [2.05, 4.69) is 264 Å². The molecular formula is C62H42N2. The molecule has 300 valence electrons. The van der Waals surface area contributed by atoms with Gasteiger partial charge in [-0.05, 0) is 121 Å². The van der Waals surface area contributed by atoms with Gasteiger partial charge in [-0.3, -0.25) is 0 Å². The Morgan fingerprint density at radius 2 is 0.719 bits per heavy atom. The SMILES string of the molecule is c1ccc(-c2ccc(N(c3ccc(-c4cc5ccccc5c5ccccc45)cc3)c3ccc(-c4ccccc4-n4c5ccccc5c5ccccc54)c(-c4ccccc4)c3)cc2)cc1. The van der Waals surface area contributed by atoms with E-state index in [1.165, 1.54) is 76.7 Å². The average molecular weight is 815 g/mol. The third-order valence-electron chi connectivity index (χ3n) is 12.8. The highest BCUT2D eigenvalue weighted by Crippen LogP contribution is 2.45. The molecule has 0 spiro atoms. The van der Waals surface area contributed by atoms with Gasteiger partial charge in [-0.25, -0.2) is 0 Å². The minimum absolute atomic E-state index is 1.08. The van der Waals surface area contributed by atoms with Crippen LogP contribution >= 0.6 is 0 Å². The molecule has 1 aromatic heterocycles. The molecule has 0 saturated carbocycles. The second kappa shape index (κ2) is 15.8. The summed E-state index contributed by atoms with van der Waals surface area (Å²) in [6.07, 6.45) is 0. The van der Waals surface area contributed by atoms with Gasteiger partial charge in [0.05, 0.1) is 16.7 Å². The van der Waals surface area contributed by atoms with Crippen LogP contribution in [0.2, 0.25) is 0 Å². The highest BCUT2D eigenvalue weighted by atomic mass is 15.1. The van der Waals surface area contributed by atoms with E-state index in [4.69, 9.17) is 0 Å². The summed E-state index contributed by atoms with van der Waals surface area (Å²) in [5.74, 6) is 0. The topological polar surface area (TPSA) is 8.17 Å². The summed E-state index contributed by atoms with van der Waals surface area (Å²) in [5.41, 5.74) is 16.3. The monoisotopic (exact) mass is 814 g/mol. The Morgan fingerprint density at radius 1 is 0.250 bits per heavy atom. The predicted molar refractivity (Wildman–Crippen MR) is 272 cm³/mol. The molecule has 0 unspecified atom stereocenters. The van der Waals surface area contributed by atoms with E-state index in [9.17, 15) is 0 Å². The third-order valence-corrected chi connectivity index (χ3v) is 12.8. The minimum Gasteiger partial charge on any atom is -0.310 e. The van der Waals surface area contributed by atoms with Crippen molar-refractivity contribution < 1.29 is 0 Å². The Labute approximate surface area is 373 Å². The molecule has 0 fully saturated rings. The number of hydrogen-bond acceptors (Lipinski definition) is 1. The maximum absolute atomic E-state index is 2.43.